The van der Waals surface area contributed by atoms with Gasteiger partial charge in [-0.15, -0.1) is 0 Å². The van der Waals surface area contributed by atoms with Crippen molar-refractivity contribution >= 4 is 17.8 Å². The highest BCUT2D eigenvalue weighted by molar-refractivity contribution is 5.91. The third-order valence-electron chi connectivity index (χ3n) is 3.48. The lowest BCUT2D eigenvalue weighted by molar-refractivity contribution is -0.121. The van der Waals surface area contributed by atoms with Crippen molar-refractivity contribution in [1.29, 1.82) is 0 Å². The average molecular weight is 344 g/mol. The Bertz CT molecular complexity index is 708. The summed E-state index contributed by atoms with van der Waals surface area (Å²) in [6, 6.07) is 10.0. The van der Waals surface area contributed by atoms with Gasteiger partial charge in [0.15, 0.2) is 5.76 Å². The van der Waals surface area contributed by atoms with Crippen LogP contribution in [-0.4, -0.2) is 31.4 Å². The van der Waals surface area contributed by atoms with Crippen molar-refractivity contribution in [2.45, 2.75) is 19.4 Å². The molecule has 0 aliphatic rings. The van der Waals surface area contributed by atoms with Gasteiger partial charge < -0.3 is 19.8 Å². The van der Waals surface area contributed by atoms with Crippen molar-refractivity contribution in [1.82, 2.24) is 10.6 Å². The van der Waals surface area contributed by atoms with Gasteiger partial charge in [-0.1, -0.05) is 12.1 Å². The van der Waals surface area contributed by atoms with Crippen molar-refractivity contribution < 1.29 is 23.5 Å². The van der Waals surface area contributed by atoms with Gasteiger partial charge in [0.1, 0.15) is 0 Å². The summed E-state index contributed by atoms with van der Waals surface area (Å²) < 4.78 is 9.60. The van der Waals surface area contributed by atoms with Gasteiger partial charge in [-0.05, 0) is 36.2 Å². The Labute approximate surface area is 145 Å². The van der Waals surface area contributed by atoms with Gasteiger partial charge in [0, 0.05) is 19.5 Å². The fourth-order valence-electron chi connectivity index (χ4n) is 2.11. The van der Waals surface area contributed by atoms with E-state index in [1.807, 2.05) is 0 Å². The first-order chi connectivity index (χ1) is 12.1. The number of furan rings is 1. The van der Waals surface area contributed by atoms with Gasteiger partial charge in [-0.3, -0.25) is 9.59 Å². The Hall–Kier alpha value is -3.09. The molecule has 0 saturated heterocycles. The van der Waals surface area contributed by atoms with Crippen LogP contribution in [0.1, 0.15) is 39.3 Å². The number of benzene rings is 1. The number of methoxy groups -OCH3 is 1. The molecule has 0 saturated carbocycles. The minimum Gasteiger partial charge on any atom is -0.465 e. The number of carbonyl (C=O) groups excluding carboxylic acids is 3. The highest BCUT2D eigenvalue weighted by Crippen LogP contribution is 2.06. The molecule has 7 nitrogen and oxygen atoms in total. The second kappa shape index (κ2) is 9.27. The van der Waals surface area contributed by atoms with Crippen molar-refractivity contribution in [3.05, 3.63) is 59.5 Å². The SMILES string of the molecule is COC(=O)c1ccc(CNC(=O)CCCNC(=O)c2ccco2)cc1. The summed E-state index contributed by atoms with van der Waals surface area (Å²) in [5.74, 6) is -0.549. The number of rotatable bonds is 8. The zero-order valence-corrected chi connectivity index (χ0v) is 13.9. The van der Waals surface area contributed by atoms with Gasteiger partial charge in [0.05, 0.1) is 18.9 Å². The first-order valence-electron chi connectivity index (χ1n) is 7.86. The highest BCUT2D eigenvalue weighted by atomic mass is 16.5. The lowest BCUT2D eigenvalue weighted by Crippen LogP contribution is -2.27. The molecule has 2 amide bonds. The second-order valence-corrected chi connectivity index (χ2v) is 5.30. The van der Waals surface area contributed by atoms with E-state index in [2.05, 4.69) is 15.4 Å². The second-order valence-electron chi connectivity index (χ2n) is 5.30. The van der Waals surface area contributed by atoms with Crippen LogP contribution in [0.5, 0.6) is 0 Å². The zero-order chi connectivity index (χ0) is 18.1. The smallest absolute Gasteiger partial charge is 0.337 e. The molecular weight excluding hydrogens is 324 g/mol. The van der Waals surface area contributed by atoms with E-state index in [0.717, 1.165) is 5.56 Å². The Kier molecular flexibility index (Phi) is 6.76. The lowest BCUT2D eigenvalue weighted by atomic mass is 10.1. The van der Waals surface area contributed by atoms with E-state index in [1.54, 1.807) is 36.4 Å². The molecule has 7 heteroatoms. The lowest BCUT2D eigenvalue weighted by Gasteiger charge is -2.07. The van der Waals surface area contributed by atoms with E-state index >= 15 is 0 Å². The molecule has 2 aromatic rings. The number of nitrogens with one attached hydrogen (secondary N) is 2. The van der Waals surface area contributed by atoms with Crippen molar-refractivity contribution in [3.8, 4) is 0 Å². The summed E-state index contributed by atoms with van der Waals surface area (Å²) in [6.07, 6.45) is 2.26. The van der Waals surface area contributed by atoms with Gasteiger partial charge in [0.25, 0.3) is 5.91 Å². The number of ether oxygens (including phenoxy) is 1. The fraction of sp³-hybridized carbons (Fsp3) is 0.278. The quantitative estimate of drug-likeness (QED) is 0.563. The summed E-state index contributed by atoms with van der Waals surface area (Å²) in [6.45, 7) is 0.764. The summed E-state index contributed by atoms with van der Waals surface area (Å²) >= 11 is 0. The summed E-state index contributed by atoms with van der Waals surface area (Å²) in [7, 11) is 1.33. The third-order valence-corrected chi connectivity index (χ3v) is 3.48. The fourth-order valence-corrected chi connectivity index (χ4v) is 2.11. The molecule has 1 aromatic carbocycles. The first-order valence-corrected chi connectivity index (χ1v) is 7.86. The molecule has 1 heterocycles. The molecule has 132 valence electrons. The van der Waals surface area contributed by atoms with E-state index in [9.17, 15) is 14.4 Å². The van der Waals surface area contributed by atoms with Crippen LogP contribution < -0.4 is 10.6 Å². The number of hydrogen-bond acceptors (Lipinski definition) is 5. The summed E-state index contributed by atoms with van der Waals surface area (Å²) in [5, 5.41) is 5.47. The normalized spacial score (nSPS) is 10.1. The van der Waals surface area contributed by atoms with Gasteiger partial charge in [0.2, 0.25) is 5.91 Å². The van der Waals surface area contributed by atoms with Gasteiger partial charge in [-0.25, -0.2) is 4.79 Å². The zero-order valence-electron chi connectivity index (χ0n) is 13.9. The number of amides is 2. The molecule has 0 bridgehead atoms. The van der Waals surface area contributed by atoms with Crippen LogP contribution in [0.25, 0.3) is 0 Å². The molecule has 1 aromatic heterocycles. The van der Waals surface area contributed by atoms with Gasteiger partial charge in [-0.2, -0.15) is 0 Å². The van der Waals surface area contributed by atoms with Gasteiger partial charge >= 0.3 is 5.97 Å². The highest BCUT2D eigenvalue weighted by Gasteiger charge is 2.08. The number of hydrogen-bond donors (Lipinski definition) is 2. The average Bonchev–Trinajstić information content (AvgIpc) is 3.18. The Morgan fingerprint density at radius 1 is 1.08 bits per heavy atom. The number of esters is 1. The molecule has 0 aliphatic heterocycles. The largest absolute Gasteiger partial charge is 0.465 e. The minimum absolute atomic E-state index is 0.107. The van der Waals surface area contributed by atoms with E-state index in [4.69, 9.17) is 4.42 Å². The van der Waals surface area contributed by atoms with Crippen LogP contribution in [0, 0.1) is 0 Å². The van der Waals surface area contributed by atoms with Crippen LogP contribution in [0.2, 0.25) is 0 Å². The van der Waals surface area contributed by atoms with Crippen molar-refractivity contribution in [2.75, 3.05) is 13.7 Å². The topological polar surface area (TPSA) is 97.6 Å². The minimum atomic E-state index is -0.396. The maximum Gasteiger partial charge on any atom is 0.337 e. The van der Waals surface area contributed by atoms with Crippen LogP contribution in [0.4, 0.5) is 0 Å². The maximum atomic E-state index is 11.8. The standard InChI is InChI=1S/C18H20N2O5/c1-24-18(23)14-8-6-13(7-9-14)12-20-16(21)5-2-10-19-17(22)15-4-3-11-25-15/h3-4,6-9,11H,2,5,10,12H2,1H3,(H,19,22)(H,20,21). The molecule has 0 unspecified atom stereocenters. The Morgan fingerprint density at radius 2 is 1.84 bits per heavy atom. The Balaban J connectivity index is 1.63. The third kappa shape index (κ3) is 5.80. The van der Waals surface area contributed by atoms with E-state index in [1.165, 1.54) is 13.4 Å². The molecule has 0 spiro atoms. The molecule has 25 heavy (non-hydrogen) atoms. The predicted octanol–water partition coefficient (Wildman–Crippen LogP) is 1.89. The van der Waals surface area contributed by atoms with E-state index in [0.29, 0.717) is 31.5 Å². The predicted molar refractivity (Wildman–Crippen MR) is 89.9 cm³/mol. The van der Waals surface area contributed by atoms with Crippen LogP contribution in [0.3, 0.4) is 0 Å². The number of carbonyl (C=O) groups is 3. The monoisotopic (exact) mass is 344 g/mol. The molecule has 0 radical (unpaired) electrons. The molecular formula is C18H20N2O5. The van der Waals surface area contributed by atoms with E-state index in [-0.39, 0.29) is 17.6 Å². The first kappa shape index (κ1) is 18.3. The van der Waals surface area contributed by atoms with Crippen LogP contribution in [-0.2, 0) is 16.1 Å². The molecule has 0 atom stereocenters. The van der Waals surface area contributed by atoms with Crippen molar-refractivity contribution in [3.63, 3.8) is 0 Å². The summed E-state index contributed by atoms with van der Waals surface area (Å²) in [4.78, 5) is 34.7. The molecule has 2 N–H and O–H groups in total. The van der Waals surface area contributed by atoms with Crippen molar-refractivity contribution in [2.24, 2.45) is 0 Å². The molecule has 0 aliphatic carbocycles. The molecule has 2 rings (SSSR count). The molecule has 0 fully saturated rings. The van der Waals surface area contributed by atoms with Crippen LogP contribution in [0.15, 0.2) is 47.1 Å². The van der Waals surface area contributed by atoms with Crippen LogP contribution >= 0.6 is 0 Å². The Morgan fingerprint density at radius 3 is 2.48 bits per heavy atom. The maximum absolute atomic E-state index is 11.8. The van der Waals surface area contributed by atoms with E-state index < -0.39 is 5.97 Å². The summed E-state index contributed by atoms with van der Waals surface area (Å²) in [5.41, 5.74) is 1.34.